The van der Waals surface area contributed by atoms with Gasteiger partial charge in [-0.25, -0.2) is 4.39 Å². The Labute approximate surface area is 110 Å². The van der Waals surface area contributed by atoms with E-state index < -0.39 is 5.82 Å². The van der Waals surface area contributed by atoms with Gasteiger partial charge >= 0.3 is 0 Å². The number of ketones is 1. The molecule has 2 rings (SSSR count). The number of methoxy groups -OCH3 is 1. The van der Waals surface area contributed by atoms with E-state index in [1.807, 2.05) is 6.92 Å². The van der Waals surface area contributed by atoms with E-state index in [-0.39, 0.29) is 17.1 Å². The SMILES string of the molecule is CCCn1cc(C(=O)c2ccc(OC)c(F)c2)cn1. The summed E-state index contributed by atoms with van der Waals surface area (Å²) in [4.78, 5) is 12.2. The molecule has 100 valence electrons. The minimum absolute atomic E-state index is 0.123. The fraction of sp³-hybridized carbons (Fsp3) is 0.286. The highest BCUT2D eigenvalue weighted by Crippen LogP contribution is 2.19. The molecule has 0 fully saturated rings. The molecule has 0 unspecified atom stereocenters. The number of aryl methyl sites for hydroxylation is 1. The lowest BCUT2D eigenvalue weighted by molar-refractivity contribution is 0.103. The highest BCUT2D eigenvalue weighted by molar-refractivity contribution is 6.08. The highest BCUT2D eigenvalue weighted by Gasteiger charge is 2.14. The predicted molar refractivity (Wildman–Crippen MR) is 68.9 cm³/mol. The lowest BCUT2D eigenvalue weighted by Crippen LogP contribution is -2.02. The largest absolute Gasteiger partial charge is 0.494 e. The predicted octanol–water partition coefficient (Wildman–Crippen LogP) is 2.67. The second-order valence-electron chi connectivity index (χ2n) is 4.17. The molecule has 1 aromatic heterocycles. The molecule has 0 N–H and O–H groups in total. The lowest BCUT2D eigenvalue weighted by atomic mass is 10.1. The third-order valence-corrected chi connectivity index (χ3v) is 2.76. The van der Waals surface area contributed by atoms with Crippen LogP contribution < -0.4 is 4.74 Å². The summed E-state index contributed by atoms with van der Waals surface area (Å²) in [6, 6.07) is 4.17. The molecule has 0 aliphatic carbocycles. The van der Waals surface area contributed by atoms with Crippen LogP contribution in [0.1, 0.15) is 29.3 Å². The number of ether oxygens (including phenoxy) is 1. The highest BCUT2D eigenvalue weighted by atomic mass is 19.1. The van der Waals surface area contributed by atoms with Crippen LogP contribution in [-0.4, -0.2) is 22.7 Å². The summed E-state index contributed by atoms with van der Waals surface area (Å²) in [5, 5.41) is 4.09. The summed E-state index contributed by atoms with van der Waals surface area (Å²) in [5.74, 6) is -0.670. The molecule has 19 heavy (non-hydrogen) atoms. The van der Waals surface area contributed by atoms with Gasteiger partial charge in [0.25, 0.3) is 0 Å². The molecule has 1 aromatic carbocycles. The minimum Gasteiger partial charge on any atom is -0.494 e. The molecule has 0 radical (unpaired) electrons. The summed E-state index contributed by atoms with van der Waals surface area (Å²) in [7, 11) is 1.38. The maximum absolute atomic E-state index is 13.6. The molecular formula is C14H15FN2O2. The number of carbonyl (C=O) groups excluding carboxylic acids is 1. The second kappa shape index (κ2) is 5.65. The molecular weight excluding hydrogens is 247 g/mol. The normalized spacial score (nSPS) is 10.5. The van der Waals surface area contributed by atoms with Gasteiger partial charge in [0.2, 0.25) is 0 Å². The Balaban J connectivity index is 2.25. The van der Waals surface area contributed by atoms with Crippen LogP contribution in [-0.2, 0) is 6.54 Å². The van der Waals surface area contributed by atoms with Gasteiger partial charge in [0, 0.05) is 18.3 Å². The van der Waals surface area contributed by atoms with E-state index in [9.17, 15) is 9.18 Å². The average Bonchev–Trinajstić information content (AvgIpc) is 2.87. The number of hydrogen-bond donors (Lipinski definition) is 0. The Morgan fingerprint density at radius 3 is 2.84 bits per heavy atom. The number of hydrogen-bond acceptors (Lipinski definition) is 3. The van der Waals surface area contributed by atoms with Crippen LogP contribution in [0.15, 0.2) is 30.6 Å². The fourth-order valence-electron chi connectivity index (χ4n) is 1.81. The van der Waals surface area contributed by atoms with Gasteiger partial charge in [0.15, 0.2) is 17.3 Å². The Hall–Kier alpha value is -2.17. The molecule has 4 nitrogen and oxygen atoms in total. The van der Waals surface area contributed by atoms with Crippen molar-refractivity contribution in [3.8, 4) is 5.75 Å². The molecule has 0 bridgehead atoms. The zero-order chi connectivity index (χ0) is 13.8. The zero-order valence-electron chi connectivity index (χ0n) is 10.9. The molecule has 0 saturated carbocycles. The number of aromatic nitrogens is 2. The van der Waals surface area contributed by atoms with Crippen molar-refractivity contribution < 1.29 is 13.9 Å². The summed E-state index contributed by atoms with van der Waals surface area (Å²) in [5.41, 5.74) is 0.743. The summed E-state index contributed by atoms with van der Waals surface area (Å²) >= 11 is 0. The Morgan fingerprint density at radius 2 is 2.21 bits per heavy atom. The first-order chi connectivity index (χ1) is 9.15. The third-order valence-electron chi connectivity index (χ3n) is 2.76. The van der Waals surface area contributed by atoms with E-state index in [1.165, 1.54) is 25.4 Å². The summed E-state index contributed by atoms with van der Waals surface area (Å²) in [6.45, 7) is 2.78. The maximum atomic E-state index is 13.6. The van der Waals surface area contributed by atoms with Crippen LogP contribution in [0, 0.1) is 5.82 Å². The van der Waals surface area contributed by atoms with Gasteiger partial charge in [-0.05, 0) is 24.6 Å². The standard InChI is InChI=1S/C14H15FN2O2/c1-3-6-17-9-11(8-16-17)14(18)10-4-5-13(19-2)12(15)7-10/h4-5,7-9H,3,6H2,1-2H3. The maximum Gasteiger partial charge on any atom is 0.196 e. The van der Waals surface area contributed by atoms with E-state index in [0.717, 1.165) is 13.0 Å². The Kier molecular flexibility index (Phi) is 3.94. The van der Waals surface area contributed by atoms with Crippen molar-refractivity contribution >= 4 is 5.78 Å². The zero-order valence-corrected chi connectivity index (χ0v) is 10.9. The van der Waals surface area contributed by atoms with Crippen LogP contribution >= 0.6 is 0 Å². The van der Waals surface area contributed by atoms with E-state index in [0.29, 0.717) is 5.56 Å². The molecule has 0 saturated heterocycles. The van der Waals surface area contributed by atoms with Crippen molar-refractivity contribution in [3.05, 3.63) is 47.5 Å². The first-order valence-electron chi connectivity index (χ1n) is 6.06. The molecule has 0 amide bonds. The molecule has 0 atom stereocenters. The molecule has 0 spiro atoms. The smallest absolute Gasteiger partial charge is 0.196 e. The van der Waals surface area contributed by atoms with Crippen LogP contribution in [0.4, 0.5) is 4.39 Å². The minimum atomic E-state index is -0.547. The monoisotopic (exact) mass is 262 g/mol. The van der Waals surface area contributed by atoms with Gasteiger partial charge in [-0.15, -0.1) is 0 Å². The van der Waals surface area contributed by atoms with Crippen LogP contribution in [0.5, 0.6) is 5.75 Å². The fourth-order valence-corrected chi connectivity index (χ4v) is 1.81. The van der Waals surface area contributed by atoms with E-state index >= 15 is 0 Å². The lowest BCUT2D eigenvalue weighted by Gasteiger charge is -2.03. The summed E-state index contributed by atoms with van der Waals surface area (Å²) < 4.78 is 20.1. The Morgan fingerprint density at radius 1 is 1.42 bits per heavy atom. The van der Waals surface area contributed by atoms with Crippen molar-refractivity contribution in [2.45, 2.75) is 19.9 Å². The topological polar surface area (TPSA) is 44.1 Å². The molecule has 0 aliphatic heterocycles. The van der Waals surface area contributed by atoms with E-state index in [4.69, 9.17) is 4.74 Å². The first kappa shape index (κ1) is 13.3. The number of benzene rings is 1. The van der Waals surface area contributed by atoms with Gasteiger partial charge in [-0.2, -0.15) is 5.10 Å². The van der Waals surface area contributed by atoms with Gasteiger partial charge in [0.05, 0.1) is 18.9 Å². The average molecular weight is 262 g/mol. The second-order valence-corrected chi connectivity index (χ2v) is 4.17. The molecule has 5 heteroatoms. The van der Waals surface area contributed by atoms with Crippen molar-refractivity contribution in [1.29, 1.82) is 0 Å². The third kappa shape index (κ3) is 2.81. The molecule has 1 heterocycles. The van der Waals surface area contributed by atoms with E-state index in [2.05, 4.69) is 5.10 Å². The number of nitrogens with zero attached hydrogens (tertiary/aromatic N) is 2. The molecule has 0 aliphatic rings. The van der Waals surface area contributed by atoms with Crippen LogP contribution in [0.25, 0.3) is 0 Å². The van der Waals surface area contributed by atoms with E-state index in [1.54, 1.807) is 16.9 Å². The van der Waals surface area contributed by atoms with Crippen molar-refractivity contribution in [2.24, 2.45) is 0 Å². The van der Waals surface area contributed by atoms with Crippen molar-refractivity contribution in [2.75, 3.05) is 7.11 Å². The van der Waals surface area contributed by atoms with Crippen molar-refractivity contribution in [3.63, 3.8) is 0 Å². The first-order valence-corrected chi connectivity index (χ1v) is 6.06. The van der Waals surface area contributed by atoms with Crippen LogP contribution in [0.2, 0.25) is 0 Å². The Bertz CT molecular complexity index is 593. The number of rotatable bonds is 5. The van der Waals surface area contributed by atoms with Gasteiger partial charge in [0.1, 0.15) is 0 Å². The number of carbonyl (C=O) groups is 1. The quantitative estimate of drug-likeness (QED) is 0.778. The van der Waals surface area contributed by atoms with Gasteiger partial charge in [-0.3, -0.25) is 9.48 Å². The molecule has 2 aromatic rings. The van der Waals surface area contributed by atoms with Gasteiger partial charge < -0.3 is 4.74 Å². The number of halogens is 1. The van der Waals surface area contributed by atoms with Crippen molar-refractivity contribution in [1.82, 2.24) is 9.78 Å². The van der Waals surface area contributed by atoms with Crippen LogP contribution in [0.3, 0.4) is 0 Å². The summed E-state index contributed by atoms with van der Waals surface area (Å²) in [6.07, 6.45) is 4.11. The van der Waals surface area contributed by atoms with Gasteiger partial charge in [-0.1, -0.05) is 6.92 Å².